The molecule has 0 aliphatic heterocycles. The van der Waals surface area contributed by atoms with E-state index in [2.05, 4.69) is 4.74 Å². The van der Waals surface area contributed by atoms with Gasteiger partial charge in [-0.3, -0.25) is 9.59 Å². The molecule has 0 aliphatic carbocycles. The van der Waals surface area contributed by atoms with Crippen LogP contribution in [0.1, 0.15) is 37.6 Å². The van der Waals surface area contributed by atoms with Crippen molar-refractivity contribution in [3.8, 4) is 0 Å². The third-order valence-electron chi connectivity index (χ3n) is 3.65. The molecule has 0 saturated carbocycles. The summed E-state index contributed by atoms with van der Waals surface area (Å²) in [4.78, 5) is 38.6. The molecule has 23 heavy (non-hydrogen) atoms. The quantitative estimate of drug-likeness (QED) is 0.722. The van der Waals surface area contributed by atoms with Gasteiger partial charge in [0.05, 0.1) is 12.7 Å². The number of methoxy groups -OCH3 is 1. The van der Waals surface area contributed by atoms with Crippen LogP contribution < -0.4 is 4.90 Å². The van der Waals surface area contributed by atoms with Crippen LogP contribution in [0.3, 0.4) is 0 Å². The average Bonchev–Trinajstić information content (AvgIpc) is 2.55. The molecule has 0 saturated heterocycles. The number of rotatable bonds is 7. The van der Waals surface area contributed by atoms with Crippen LogP contribution in [0.25, 0.3) is 0 Å². The first-order valence-electron chi connectivity index (χ1n) is 7.68. The van der Waals surface area contributed by atoms with Gasteiger partial charge in [-0.1, -0.05) is 0 Å². The maximum atomic E-state index is 12.1. The summed E-state index contributed by atoms with van der Waals surface area (Å²) in [6.45, 7) is 6.93. The highest BCUT2D eigenvalue weighted by Gasteiger charge is 2.16. The Balaban J connectivity index is 2.81. The minimum atomic E-state index is -0.428. The van der Waals surface area contributed by atoms with E-state index in [1.54, 1.807) is 29.2 Å². The number of amides is 2. The minimum absolute atomic E-state index is 0.0208. The first-order chi connectivity index (χ1) is 10.9. The van der Waals surface area contributed by atoms with E-state index in [-0.39, 0.29) is 18.2 Å². The molecule has 0 aliphatic rings. The van der Waals surface area contributed by atoms with Crippen LogP contribution in [0.4, 0.5) is 5.69 Å². The maximum absolute atomic E-state index is 12.1. The molecular formula is C17H24N2O4. The van der Waals surface area contributed by atoms with Crippen molar-refractivity contribution in [2.75, 3.05) is 31.6 Å². The summed E-state index contributed by atoms with van der Waals surface area (Å²) in [7, 11) is 1.32. The van der Waals surface area contributed by atoms with E-state index in [0.29, 0.717) is 30.9 Å². The van der Waals surface area contributed by atoms with Crippen molar-refractivity contribution in [1.82, 2.24) is 4.90 Å². The second-order valence-corrected chi connectivity index (χ2v) is 5.03. The van der Waals surface area contributed by atoms with Crippen LogP contribution in [0.5, 0.6) is 0 Å². The van der Waals surface area contributed by atoms with Crippen LogP contribution in [-0.4, -0.2) is 49.4 Å². The Labute approximate surface area is 137 Å². The van der Waals surface area contributed by atoms with E-state index in [4.69, 9.17) is 0 Å². The number of benzene rings is 1. The topological polar surface area (TPSA) is 66.9 Å². The molecule has 1 aromatic rings. The molecule has 0 spiro atoms. The third kappa shape index (κ3) is 5.09. The lowest BCUT2D eigenvalue weighted by atomic mass is 10.2. The van der Waals surface area contributed by atoms with Gasteiger partial charge in [-0.25, -0.2) is 4.79 Å². The molecule has 1 rings (SSSR count). The van der Waals surface area contributed by atoms with Gasteiger partial charge in [0, 0.05) is 38.7 Å². The van der Waals surface area contributed by atoms with Crippen LogP contribution in [0, 0.1) is 0 Å². The lowest BCUT2D eigenvalue weighted by Gasteiger charge is -2.24. The maximum Gasteiger partial charge on any atom is 0.337 e. The smallest absolute Gasteiger partial charge is 0.337 e. The van der Waals surface area contributed by atoms with E-state index < -0.39 is 5.97 Å². The fourth-order valence-corrected chi connectivity index (χ4v) is 2.31. The molecule has 0 atom stereocenters. The van der Waals surface area contributed by atoms with E-state index >= 15 is 0 Å². The first kappa shape index (κ1) is 18.7. The molecule has 6 heteroatoms. The molecule has 126 valence electrons. The Morgan fingerprint density at radius 1 is 1.04 bits per heavy atom. The van der Waals surface area contributed by atoms with Gasteiger partial charge in [-0.05, 0) is 38.1 Å². The van der Waals surface area contributed by atoms with Gasteiger partial charge in [0.2, 0.25) is 11.8 Å². The molecular weight excluding hydrogens is 296 g/mol. The van der Waals surface area contributed by atoms with E-state index in [0.717, 1.165) is 0 Å². The predicted molar refractivity (Wildman–Crippen MR) is 88.4 cm³/mol. The molecule has 0 N–H and O–H groups in total. The summed E-state index contributed by atoms with van der Waals surface area (Å²) in [5.41, 5.74) is 1.07. The summed E-state index contributed by atoms with van der Waals surface area (Å²) < 4.78 is 4.64. The van der Waals surface area contributed by atoms with Crippen molar-refractivity contribution in [3.05, 3.63) is 29.8 Å². The summed E-state index contributed by atoms with van der Waals surface area (Å²) >= 11 is 0. The zero-order valence-electron chi connectivity index (χ0n) is 14.2. The zero-order valence-corrected chi connectivity index (χ0v) is 14.2. The zero-order chi connectivity index (χ0) is 17.4. The van der Waals surface area contributed by atoms with Gasteiger partial charge >= 0.3 is 5.97 Å². The number of carbonyl (C=O) groups is 3. The van der Waals surface area contributed by atoms with Crippen molar-refractivity contribution in [2.24, 2.45) is 0 Å². The van der Waals surface area contributed by atoms with E-state index in [1.165, 1.54) is 18.9 Å². The summed E-state index contributed by atoms with van der Waals surface area (Å²) in [6.07, 6.45) is 0.264. The average molecular weight is 320 g/mol. The highest BCUT2D eigenvalue weighted by molar-refractivity contribution is 5.94. The number of anilines is 1. The second kappa shape index (κ2) is 8.92. The Morgan fingerprint density at radius 2 is 1.61 bits per heavy atom. The van der Waals surface area contributed by atoms with Crippen LogP contribution in [0.2, 0.25) is 0 Å². The molecule has 0 aromatic heterocycles. The Bertz CT molecular complexity index is 550. The van der Waals surface area contributed by atoms with Crippen LogP contribution in [0.15, 0.2) is 24.3 Å². The van der Waals surface area contributed by atoms with Crippen molar-refractivity contribution in [2.45, 2.75) is 27.2 Å². The normalized spacial score (nSPS) is 10.1. The van der Waals surface area contributed by atoms with Crippen LogP contribution >= 0.6 is 0 Å². The molecule has 2 amide bonds. The lowest BCUT2D eigenvalue weighted by Crippen LogP contribution is -2.36. The Morgan fingerprint density at radius 3 is 2.04 bits per heavy atom. The highest BCUT2D eigenvalue weighted by Crippen LogP contribution is 2.17. The van der Waals surface area contributed by atoms with Crippen molar-refractivity contribution < 1.29 is 19.1 Å². The molecule has 0 bridgehead atoms. The summed E-state index contributed by atoms with van der Waals surface area (Å²) in [5.74, 6) is -0.557. The molecule has 0 unspecified atom stereocenters. The second-order valence-electron chi connectivity index (χ2n) is 5.03. The molecule has 0 heterocycles. The molecule has 1 aromatic carbocycles. The highest BCUT2D eigenvalue weighted by atomic mass is 16.5. The van der Waals surface area contributed by atoms with Crippen molar-refractivity contribution >= 4 is 23.5 Å². The lowest BCUT2D eigenvalue weighted by molar-refractivity contribution is -0.130. The Hall–Kier alpha value is -2.37. The van der Waals surface area contributed by atoms with E-state index in [1.807, 2.05) is 13.8 Å². The number of hydrogen-bond donors (Lipinski definition) is 0. The first-order valence-corrected chi connectivity index (χ1v) is 7.68. The summed E-state index contributed by atoms with van der Waals surface area (Å²) in [5, 5.41) is 0. The monoisotopic (exact) mass is 320 g/mol. The largest absolute Gasteiger partial charge is 0.465 e. The molecule has 0 radical (unpaired) electrons. The molecule has 6 nitrogen and oxygen atoms in total. The number of ether oxygens (including phenoxy) is 1. The van der Waals surface area contributed by atoms with Gasteiger partial charge in [0.25, 0.3) is 0 Å². The van der Waals surface area contributed by atoms with Crippen LogP contribution in [-0.2, 0) is 14.3 Å². The number of nitrogens with zero attached hydrogens (tertiary/aromatic N) is 2. The van der Waals surface area contributed by atoms with Gasteiger partial charge in [-0.15, -0.1) is 0 Å². The van der Waals surface area contributed by atoms with Gasteiger partial charge in [-0.2, -0.15) is 0 Å². The van der Waals surface area contributed by atoms with Gasteiger partial charge in [0.15, 0.2) is 0 Å². The number of carbonyl (C=O) groups excluding carboxylic acids is 3. The summed E-state index contributed by atoms with van der Waals surface area (Å²) in [6, 6.07) is 6.55. The van der Waals surface area contributed by atoms with Crippen molar-refractivity contribution in [3.63, 3.8) is 0 Å². The molecule has 0 fully saturated rings. The minimum Gasteiger partial charge on any atom is -0.465 e. The third-order valence-corrected chi connectivity index (χ3v) is 3.65. The Kier molecular flexibility index (Phi) is 7.25. The fourth-order valence-electron chi connectivity index (χ4n) is 2.31. The van der Waals surface area contributed by atoms with Gasteiger partial charge in [0.1, 0.15) is 0 Å². The van der Waals surface area contributed by atoms with Gasteiger partial charge < -0.3 is 14.5 Å². The van der Waals surface area contributed by atoms with Crippen molar-refractivity contribution in [1.29, 1.82) is 0 Å². The number of hydrogen-bond acceptors (Lipinski definition) is 4. The SMILES string of the molecule is CCN(CC)C(=O)CCN(C(C)=O)c1ccc(C(=O)OC)cc1. The number of esters is 1. The van der Waals surface area contributed by atoms with E-state index in [9.17, 15) is 14.4 Å². The fraction of sp³-hybridized carbons (Fsp3) is 0.471. The predicted octanol–water partition coefficient (Wildman–Crippen LogP) is 2.08. The standard InChI is InChI=1S/C17H24N2O4/c1-5-18(6-2)16(21)11-12-19(13(3)20)15-9-7-14(8-10-15)17(22)23-4/h7-10H,5-6,11-12H2,1-4H3.